The van der Waals surface area contributed by atoms with Gasteiger partial charge in [-0.3, -0.25) is 4.79 Å². The van der Waals surface area contributed by atoms with E-state index in [0.29, 0.717) is 36.4 Å². The largest absolute Gasteiger partial charge is 0.423 e. The molecule has 1 unspecified atom stereocenters. The number of hydrogen-bond acceptors (Lipinski definition) is 7. The van der Waals surface area contributed by atoms with Gasteiger partial charge >= 0.3 is 0 Å². The Kier molecular flexibility index (Phi) is 4.45. The molecule has 0 aromatic carbocycles. The lowest BCUT2D eigenvalue weighted by Gasteiger charge is -2.33. The molecular formula is C15H20N4O3S. The van der Waals surface area contributed by atoms with Crippen LogP contribution in [0.1, 0.15) is 58.0 Å². The smallest absolute Gasteiger partial charge is 0.266 e. The number of hydrogen-bond donors (Lipinski definition) is 0. The van der Waals surface area contributed by atoms with Crippen molar-refractivity contribution in [3.05, 3.63) is 27.4 Å². The van der Waals surface area contributed by atoms with Crippen molar-refractivity contribution in [2.45, 2.75) is 39.7 Å². The summed E-state index contributed by atoms with van der Waals surface area (Å²) < 4.78 is 11.3. The quantitative estimate of drug-likeness (QED) is 0.856. The van der Waals surface area contributed by atoms with E-state index in [2.05, 4.69) is 15.2 Å². The lowest BCUT2D eigenvalue weighted by molar-refractivity contribution is -0.0105. The molecule has 3 rings (SSSR count). The van der Waals surface area contributed by atoms with Crippen LogP contribution in [0.25, 0.3) is 0 Å². The van der Waals surface area contributed by atoms with Crippen molar-refractivity contribution in [2.75, 3.05) is 19.8 Å². The van der Waals surface area contributed by atoms with Crippen LogP contribution in [0.2, 0.25) is 0 Å². The molecule has 3 heterocycles. The number of carbonyl (C=O) groups excluding carboxylic acids is 1. The van der Waals surface area contributed by atoms with Crippen molar-refractivity contribution in [3.63, 3.8) is 0 Å². The Morgan fingerprint density at radius 1 is 1.35 bits per heavy atom. The molecule has 1 atom stereocenters. The van der Waals surface area contributed by atoms with Gasteiger partial charge in [-0.25, -0.2) is 4.98 Å². The van der Waals surface area contributed by atoms with Crippen LogP contribution < -0.4 is 0 Å². The molecule has 0 radical (unpaired) electrons. The summed E-state index contributed by atoms with van der Waals surface area (Å²) >= 11 is 1.41. The zero-order valence-electron chi connectivity index (χ0n) is 13.7. The summed E-state index contributed by atoms with van der Waals surface area (Å²) in [6.45, 7) is 9.10. The Morgan fingerprint density at radius 3 is 2.74 bits per heavy atom. The number of nitrogens with zero attached hydrogens (tertiary/aromatic N) is 4. The number of thiazole rings is 1. The van der Waals surface area contributed by atoms with E-state index in [4.69, 9.17) is 9.15 Å². The lowest BCUT2D eigenvalue weighted by atomic mass is 10.2. The minimum absolute atomic E-state index is 0.0503. The summed E-state index contributed by atoms with van der Waals surface area (Å²) in [5.41, 5.74) is 0.760. The van der Waals surface area contributed by atoms with Gasteiger partial charge in [-0.05, 0) is 13.8 Å². The van der Waals surface area contributed by atoms with Crippen LogP contribution in [0.15, 0.2) is 4.42 Å². The van der Waals surface area contributed by atoms with Gasteiger partial charge in [0.25, 0.3) is 5.91 Å². The average Bonchev–Trinajstić information content (AvgIpc) is 3.13. The summed E-state index contributed by atoms with van der Waals surface area (Å²) in [7, 11) is 0. The highest BCUT2D eigenvalue weighted by molar-refractivity contribution is 7.13. The van der Waals surface area contributed by atoms with Crippen molar-refractivity contribution in [3.8, 4) is 0 Å². The topological polar surface area (TPSA) is 81.4 Å². The third kappa shape index (κ3) is 3.13. The van der Waals surface area contributed by atoms with E-state index in [1.165, 1.54) is 11.3 Å². The zero-order valence-corrected chi connectivity index (χ0v) is 14.5. The molecule has 1 aliphatic rings. The normalized spacial score (nSPS) is 18.7. The van der Waals surface area contributed by atoms with Crippen LogP contribution in [0.4, 0.5) is 0 Å². The molecule has 1 saturated heterocycles. The van der Waals surface area contributed by atoms with Gasteiger partial charge in [0, 0.05) is 12.5 Å². The molecule has 0 aliphatic carbocycles. The Labute approximate surface area is 138 Å². The maximum Gasteiger partial charge on any atom is 0.266 e. The SMILES string of the molecule is Cc1nc(C)c(C(=O)N2CCOCC2c2nnc(C(C)C)o2)s1. The van der Waals surface area contributed by atoms with Crippen LogP contribution in [0.3, 0.4) is 0 Å². The molecule has 0 bridgehead atoms. The molecular weight excluding hydrogens is 316 g/mol. The first-order chi connectivity index (χ1) is 11.0. The maximum absolute atomic E-state index is 12.9. The van der Waals surface area contributed by atoms with Crippen LogP contribution in [-0.2, 0) is 4.74 Å². The predicted octanol–water partition coefficient (Wildman–Crippen LogP) is 2.48. The number of ether oxygens (including phenoxy) is 1. The fourth-order valence-corrected chi connectivity index (χ4v) is 3.40. The molecule has 23 heavy (non-hydrogen) atoms. The summed E-state index contributed by atoms with van der Waals surface area (Å²) in [6, 6.07) is -0.349. The highest BCUT2D eigenvalue weighted by Crippen LogP contribution is 2.29. The zero-order chi connectivity index (χ0) is 16.6. The van der Waals surface area contributed by atoms with Crippen molar-refractivity contribution in [1.82, 2.24) is 20.1 Å². The number of aromatic nitrogens is 3. The van der Waals surface area contributed by atoms with Gasteiger partial charge in [0.05, 0.1) is 23.9 Å². The van der Waals surface area contributed by atoms with E-state index in [1.807, 2.05) is 27.7 Å². The predicted molar refractivity (Wildman–Crippen MR) is 84.6 cm³/mol. The molecule has 0 N–H and O–H groups in total. The second-order valence-corrected chi connectivity index (χ2v) is 7.07. The summed E-state index contributed by atoms with van der Waals surface area (Å²) in [6.07, 6.45) is 0. The van der Waals surface area contributed by atoms with Crippen LogP contribution >= 0.6 is 11.3 Å². The molecule has 124 valence electrons. The van der Waals surface area contributed by atoms with Crippen LogP contribution in [0.5, 0.6) is 0 Å². The van der Waals surface area contributed by atoms with E-state index < -0.39 is 0 Å². The molecule has 1 fully saturated rings. The van der Waals surface area contributed by atoms with E-state index in [9.17, 15) is 4.79 Å². The molecule has 8 heteroatoms. The second-order valence-electron chi connectivity index (χ2n) is 5.87. The minimum atomic E-state index is -0.349. The first kappa shape index (κ1) is 16.1. The Balaban J connectivity index is 1.89. The van der Waals surface area contributed by atoms with Gasteiger partial charge in [-0.1, -0.05) is 13.8 Å². The van der Waals surface area contributed by atoms with Crippen LogP contribution in [0, 0.1) is 13.8 Å². The monoisotopic (exact) mass is 336 g/mol. The van der Waals surface area contributed by atoms with Crippen LogP contribution in [-0.4, -0.2) is 45.7 Å². The van der Waals surface area contributed by atoms with E-state index in [-0.39, 0.29) is 17.9 Å². The summed E-state index contributed by atoms with van der Waals surface area (Å²) in [4.78, 5) is 19.7. The molecule has 1 aliphatic heterocycles. The Morgan fingerprint density at radius 2 is 2.13 bits per heavy atom. The van der Waals surface area contributed by atoms with Crippen molar-refractivity contribution in [2.24, 2.45) is 0 Å². The molecule has 7 nitrogen and oxygen atoms in total. The molecule has 0 spiro atoms. The van der Waals surface area contributed by atoms with E-state index in [0.717, 1.165) is 10.7 Å². The Bertz CT molecular complexity index is 709. The standard InChI is InChI=1S/C15H20N4O3S/c1-8(2)13-17-18-14(22-13)11-7-21-6-5-19(11)15(20)12-9(3)16-10(4)23-12/h8,11H,5-7H2,1-4H3. The fraction of sp³-hybridized carbons (Fsp3) is 0.600. The van der Waals surface area contributed by atoms with Crippen molar-refractivity contribution < 1.29 is 13.9 Å². The van der Waals surface area contributed by atoms with Gasteiger partial charge in [0.2, 0.25) is 11.8 Å². The fourth-order valence-electron chi connectivity index (χ4n) is 2.53. The van der Waals surface area contributed by atoms with E-state index >= 15 is 0 Å². The van der Waals surface area contributed by atoms with Gasteiger partial charge < -0.3 is 14.1 Å². The molecule has 2 aromatic heterocycles. The number of rotatable bonds is 3. The van der Waals surface area contributed by atoms with Crippen molar-refractivity contribution in [1.29, 1.82) is 0 Å². The van der Waals surface area contributed by atoms with Crippen molar-refractivity contribution >= 4 is 17.2 Å². The highest BCUT2D eigenvalue weighted by Gasteiger charge is 2.34. The summed E-state index contributed by atoms with van der Waals surface area (Å²) in [5.74, 6) is 1.10. The first-order valence-electron chi connectivity index (χ1n) is 7.63. The average molecular weight is 336 g/mol. The number of morpholine rings is 1. The third-order valence-corrected chi connectivity index (χ3v) is 4.78. The molecule has 2 aromatic rings. The highest BCUT2D eigenvalue weighted by atomic mass is 32.1. The molecule has 1 amide bonds. The van der Waals surface area contributed by atoms with Gasteiger partial charge in [0.1, 0.15) is 10.9 Å². The summed E-state index contributed by atoms with van der Waals surface area (Å²) in [5, 5.41) is 9.06. The number of amides is 1. The third-order valence-electron chi connectivity index (χ3n) is 3.72. The van der Waals surface area contributed by atoms with Gasteiger partial charge in [0.15, 0.2) is 0 Å². The molecule has 0 saturated carbocycles. The maximum atomic E-state index is 12.9. The second kappa shape index (κ2) is 6.37. The number of carbonyl (C=O) groups is 1. The lowest BCUT2D eigenvalue weighted by Crippen LogP contribution is -2.43. The first-order valence-corrected chi connectivity index (χ1v) is 8.45. The van der Waals surface area contributed by atoms with E-state index in [1.54, 1.807) is 4.90 Å². The minimum Gasteiger partial charge on any atom is -0.423 e. The van der Waals surface area contributed by atoms with Gasteiger partial charge in [-0.15, -0.1) is 21.5 Å². The Hall–Kier alpha value is -1.80. The van der Waals surface area contributed by atoms with Gasteiger partial charge in [-0.2, -0.15) is 0 Å². The number of aryl methyl sites for hydroxylation is 2.